The van der Waals surface area contributed by atoms with E-state index in [0.717, 1.165) is 11.1 Å². The lowest BCUT2D eigenvalue weighted by Gasteiger charge is -2.19. The van der Waals surface area contributed by atoms with Crippen LogP contribution < -0.4 is 10.6 Å². The Balaban J connectivity index is 1.86. The number of nitrogens with zero attached hydrogens (tertiary/aromatic N) is 2. The quantitative estimate of drug-likeness (QED) is 0.410. The van der Waals surface area contributed by atoms with Crippen LogP contribution in [0.2, 0.25) is 0 Å². The van der Waals surface area contributed by atoms with Crippen molar-refractivity contribution in [1.82, 2.24) is 15.3 Å². The van der Waals surface area contributed by atoms with Crippen LogP contribution in [-0.4, -0.2) is 33.5 Å². The number of carbonyl (C=O) groups is 2. The molecule has 3 aromatic rings. The van der Waals surface area contributed by atoms with E-state index in [2.05, 4.69) is 20.6 Å². The van der Waals surface area contributed by atoms with E-state index in [-0.39, 0.29) is 5.91 Å². The maximum Gasteiger partial charge on any atom is 0.258 e. The molecule has 2 heterocycles. The predicted octanol–water partition coefficient (Wildman–Crippen LogP) is 2.94. The van der Waals surface area contributed by atoms with E-state index < -0.39 is 17.9 Å². The number of anilines is 1. The zero-order chi connectivity index (χ0) is 20.6. The van der Waals surface area contributed by atoms with Crippen LogP contribution >= 0.6 is 11.8 Å². The van der Waals surface area contributed by atoms with Crippen molar-refractivity contribution in [3.05, 3.63) is 83.8 Å². The second-order valence-electron chi connectivity index (χ2n) is 6.18. The second-order valence-corrected chi connectivity index (χ2v) is 7.28. The highest BCUT2D eigenvalue weighted by Gasteiger charge is 2.21. The molecule has 0 saturated heterocycles. The molecule has 0 bridgehead atoms. The minimum atomic E-state index is -0.634. The third-order valence-corrected chi connectivity index (χ3v) is 5.14. The summed E-state index contributed by atoms with van der Waals surface area (Å²) in [7, 11) is 0. The topological polar surface area (TPSA) is 104 Å². The van der Waals surface area contributed by atoms with Gasteiger partial charge in [0.2, 0.25) is 5.91 Å². The van der Waals surface area contributed by atoms with Crippen molar-refractivity contribution in [2.24, 2.45) is 0 Å². The maximum absolute atomic E-state index is 12.8. The van der Waals surface area contributed by atoms with E-state index >= 15 is 0 Å². The van der Waals surface area contributed by atoms with E-state index in [1.165, 1.54) is 11.8 Å². The number of thioether (sulfide) groups is 1. The summed E-state index contributed by atoms with van der Waals surface area (Å²) in [5, 5.41) is 14.6. The Kier molecular flexibility index (Phi) is 6.94. The molecule has 0 aliphatic carbocycles. The molecule has 3 N–H and O–H groups in total. The van der Waals surface area contributed by atoms with E-state index in [4.69, 9.17) is 5.11 Å². The van der Waals surface area contributed by atoms with Gasteiger partial charge in [-0.15, -0.1) is 0 Å². The van der Waals surface area contributed by atoms with Crippen molar-refractivity contribution in [1.29, 1.82) is 0 Å². The highest BCUT2D eigenvalue weighted by atomic mass is 32.2. The van der Waals surface area contributed by atoms with Crippen molar-refractivity contribution in [3.63, 3.8) is 0 Å². The number of rotatable bonds is 7. The lowest BCUT2D eigenvalue weighted by Crippen LogP contribution is -2.29. The van der Waals surface area contributed by atoms with Crippen LogP contribution in [0.25, 0.3) is 0 Å². The summed E-state index contributed by atoms with van der Waals surface area (Å²) in [6.07, 6.45) is 4.80. The molecule has 2 amide bonds. The number of carbonyl (C=O) groups excluding carboxylic acids is 2. The molecule has 29 heavy (non-hydrogen) atoms. The number of aliphatic hydroxyl groups excluding tert-OH is 1. The Bertz CT molecular complexity index is 998. The van der Waals surface area contributed by atoms with E-state index in [1.54, 1.807) is 42.9 Å². The number of hydrogen-bond acceptors (Lipinski definition) is 6. The van der Waals surface area contributed by atoms with Gasteiger partial charge in [0, 0.05) is 24.3 Å². The Morgan fingerprint density at radius 1 is 1.10 bits per heavy atom. The minimum absolute atomic E-state index is 0.298. The number of nitrogens with one attached hydrogen (secondary N) is 2. The Morgan fingerprint density at radius 2 is 1.90 bits per heavy atom. The van der Waals surface area contributed by atoms with Gasteiger partial charge in [0.25, 0.3) is 5.91 Å². The largest absolute Gasteiger partial charge is 0.387 e. The molecular formula is C21H20N4O3S. The Labute approximate surface area is 172 Å². The van der Waals surface area contributed by atoms with Crippen LogP contribution in [-0.2, 0) is 4.79 Å². The van der Waals surface area contributed by atoms with Crippen LogP contribution in [0.1, 0.15) is 26.9 Å². The van der Waals surface area contributed by atoms with Crippen molar-refractivity contribution < 1.29 is 14.7 Å². The summed E-state index contributed by atoms with van der Waals surface area (Å²) in [5.74, 6) is -0.825. The third-order valence-electron chi connectivity index (χ3n) is 3.97. The first-order chi connectivity index (χ1) is 14.1. The van der Waals surface area contributed by atoms with Crippen LogP contribution in [0.3, 0.4) is 0 Å². The fraction of sp³-hybridized carbons (Fsp3) is 0.143. The molecule has 3 rings (SSSR count). The first-order valence-corrected chi connectivity index (χ1v) is 9.74. The molecule has 0 aliphatic heterocycles. The van der Waals surface area contributed by atoms with Crippen molar-refractivity contribution in [2.75, 3.05) is 11.9 Å². The SMILES string of the molecule is Cc1cccc(NC(=O)c2cccnc2SC(NC(=O)CO)c2ccncc2)c1. The second kappa shape index (κ2) is 9.81. The van der Waals surface area contributed by atoms with E-state index in [0.29, 0.717) is 16.3 Å². The number of pyridine rings is 2. The van der Waals surface area contributed by atoms with Gasteiger partial charge in [0.05, 0.1) is 5.56 Å². The molecule has 0 radical (unpaired) electrons. The van der Waals surface area contributed by atoms with Crippen LogP contribution in [0.15, 0.2) is 72.1 Å². The standard InChI is InChI=1S/C21H20N4O3S/c1-14-4-2-5-16(12-14)24-19(28)17-6-3-9-23-21(17)29-20(25-18(27)13-26)15-7-10-22-11-8-15/h2-12,20,26H,13H2,1H3,(H,24,28)(H,25,27). The zero-order valence-corrected chi connectivity index (χ0v) is 16.5. The maximum atomic E-state index is 12.8. The number of aromatic nitrogens is 2. The number of hydrogen-bond donors (Lipinski definition) is 3. The highest BCUT2D eigenvalue weighted by Crippen LogP contribution is 2.34. The average Bonchev–Trinajstić information content (AvgIpc) is 2.74. The van der Waals surface area contributed by atoms with Gasteiger partial charge in [-0.25, -0.2) is 4.98 Å². The summed E-state index contributed by atoms with van der Waals surface area (Å²) >= 11 is 1.21. The van der Waals surface area contributed by atoms with Gasteiger partial charge >= 0.3 is 0 Å². The molecule has 8 heteroatoms. The van der Waals surface area contributed by atoms with Crippen molar-refractivity contribution >= 4 is 29.3 Å². The van der Waals surface area contributed by atoms with Crippen LogP contribution in [0.5, 0.6) is 0 Å². The molecule has 2 aromatic heterocycles. The lowest BCUT2D eigenvalue weighted by molar-refractivity contribution is -0.124. The normalized spacial score (nSPS) is 11.5. The number of benzene rings is 1. The summed E-state index contributed by atoms with van der Waals surface area (Å²) < 4.78 is 0. The number of amides is 2. The van der Waals surface area contributed by atoms with Gasteiger partial charge in [0.15, 0.2) is 0 Å². The molecule has 7 nitrogen and oxygen atoms in total. The zero-order valence-electron chi connectivity index (χ0n) is 15.7. The molecule has 0 fully saturated rings. The predicted molar refractivity (Wildman–Crippen MR) is 111 cm³/mol. The fourth-order valence-corrected chi connectivity index (χ4v) is 3.72. The highest BCUT2D eigenvalue weighted by molar-refractivity contribution is 7.99. The monoisotopic (exact) mass is 408 g/mol. The number of aliphatic hydroxyl groups is 1. The minimum Gasteiger partial charge on any atom is -0.387 e. The van der Waals surface area contributed by atoms with E-state index in [9.17, 15) is 9.59 Å². The van der Waals surface area contributed by atoms with E-state index in [1.807, 2.05) is 31.2 Å². The summed E-state index contributed by atoms with van der Waals surface area (Å²) in [4.78, 5) is 32.9. The number of aryl methyl sites for hydroxylation is 1. The fourth-order valence-electron chi connectivity index (χ4n) is 2.60. The lowest BCUT2D eigenvalue weighted by atomic mass is 10.2. The molecule has 1 atom stereocenters. The molecule has 0 aliphatic rings. The van der Waals surface area contributed by atoms with Crippen molar-refractivity contribution in [2.45, 2.75) is 17.3 Å². The van der Waals surface area contributed by atoms with Gasteiger partial charge in [-0.2, -0.15) is 0 Å². The van der Waals surface area contributed by atoms with Gasteiger partial charge in [-0.3, -0.25) is 14.6 Å². The summed E-state index contributed by atoms with van der Waals surface area (Å²) in [5.41, 5.74) is 2.88. The molecule has 0 spiro atoms. The molecular weight excluding hydrogens is 388 g/mol. The first kappa shape index (κ1) is 20.5. The average molecular weight is 408 g/mol. The molecule has 148 valence electrons. The van der Waals surface area contributed by atoms with Crippen molar-refractivity contribution in [3.8, 4) is 0 Å². The molecule has 0 saturated carbocycles. The van der Waals surface area contributed by atoms with Gasteiger partial charge in [-0.05, 0) is 54.4 Å². The smallest absolute Gasteiger partial charge is 0.258 e. The molecule has 1 aromatic carbocycles. The van der Waals surface area contributed by atoms with Gasteiger partial charge in [-0.1, -0.05) is 23.9 Å². The van der Waals surface area contributed by atoms with Gasteiger partial charge in [0.1, 0.15) is 17.0 Å². The Morgan fingerprint density at radius 3 is 2.62 bits per heavy atom. The third kappa shape index (κ3) is 5.63. The Hall–Kier alpha value is -3.23. The van der Waals surface area contributed by atoms with Crippen LogP contribution in [0, 0.1) is 6.92 Å². The summed E-state index contributed by atoms with van der Waals surface area (Å²) in [6.45, 7) is 1.31. The van der Waals surface area contributed by atoms with Gasteiger partial charge < -0.3 is 15.7 Å². The first-order valence-electron chi connectivity index (χ1n) is 8.86. The van der Waals surface area contributed by atoms with Crippen LogP contribution in [0.4, 0.5) is 5.69 Å². The molecule has 1 unspecified atom stereocenters. The summed E-state index contributed by atoms with van der Waals surface area (Å²) in [6, 6.07) is 14.4.